The van der Waals surface area contributed by atoms with Crippen molar-refractivity contribution in [1.82, 2.24) is 0 Å². The lowest BCUT2D eigenvalue weighted by atomic mass is 9.94. The summed E-state index contributed by atoms with van der Waals surface area (Å²) < 4.78 is 10.8. The molecule has 0 aliphatic carbocycles. The first-order valence-electron chi connectivity index (χ1n) is 6.15. The maximum Gasteiger partial charge on any atom is 0.172 e. The van der Waals surface area contributed by atoms with Crippen LogP contribution < -0.4 is 9.47 Å². The maximum atomic E-state index is 11.4. The molecule has 3 nitrogen and oxygen atoms in total. The summed E-state index contributed by atoms with van der Waals surface area (Å²) in [5, 5.41) is 1.94. The largest absolute Gasteiger partial charge is 0.493 e. The number of aryl methyl sites for hydroxylation is 3. The van der Waals surface area contributed by atoms with Crippen LogP contribution in [-0.4, -0.2) is 20.5 Å². The van der Waals surface area contributed by atoms with Crippen LogP contribution in [0.1, 0.15) is 27.0 Å². The molecule has 0 saturated heterocycles. The van der Waals surface area contributed by atoms with Crippen LogP contribution in [0.25, 0.3) is 10.8 Å². The van der Waals surface area contributed by atoms with E-state index < -0.39 is 0 Å². The number of benzene rings is 2. The molecule has 0 aliphatic heterocycles. The van der Waals surface area contributed by atoms with E-state index in [1.807, 2.05) is 19.9 Å². The van der Waals surface area contributed by atoms with Crippen LogP contribution in [0, 0.1) is 20.8 Å². The highest BCUT2D eigenvalue weighted by molar-refractivity contribution is 6.04. The first-order valence-corrected chi connectivity index (χ1v) is 6.15. The lowest BCUT2D eigenvalue weighted by Crippen LogP contribution is -2.00. The molecule has 0 aliphatic rings. The molecule has 0 unspecified atom stereocenters. The van der Waals surface area contributed by atoms with Crippen LogP contribution in [0.2, 0.25) is 0 Å². The average molecular weight is 258 g/mol. The molecule has 0 amide bonds. The van der Waals surface area contributed by atoms with Crippen LogP contribution in [0.3, 0.4) is 0 Å². The topological polar surface area (TPSA) is 35.5 Å². The first kappa shape index (κ1) is 13.4. The van der Waals surface area contributed by atoms with E-state index in [4.69, 9.17) is 9.47 Å². The lowest BCUT2D eigenvalue weighted by molar-refractivity contribution is 0.112. The third kappa shape index (κ3) is 1.95. The van der Waals surface area contributed by atoms with Crippen molar-refractivity contribution >= 4 is 17.1 Å². The summed E-state index contributed by atoms with van der Waals surface area (Å²) in [5.74, 6) is 1.13. The Morgan fingerprint density at radius 3 is 1.89 bits per heavy atom. The monoisotopic (exact) mass is 258 g/mol. The number of ether oxygens (including phenoxy) is 2. The van der Waals surface area contributed by atoms with Gasteiger partial charge in [-0.25, -0.2) is 0 Å². The molecule has 3 heteroatoms. The van der Waals surface area contributed by atoms with Gasteiger partial charge >= 0.3 is 0 Å². The standard InChI is InChI=1S/C16H18O3/c1-9-6-12-11(3)15(18-4)16(19-5)14(8-17)13(12)7-10(9)2/h6-8H,1-5H3. The molecule has 0 bridgehead atoms. The van der Waals surface area contributed by atoms with E-state index in [1.165, 1.54) is 5.56 Å². The quantitative estimate of drug-likeness (QED) is 0.789. The van der Waals surface area contributed by atoms with Crippen LogP contribution in [0.4, 0.5) is 0 Å². The molecule has 0 heterocycles. The first-order chi connectivity index (χ1) is 9.04. The molecule has 2 aromatic carbocycles. The highest BCUT2D eigenvalue weighted by Gasteiger charge is 2.18. The van der Waals surface area contributed by atoms with E-state index >= 15 is 0 Å². The maximum absolute atomic E-state index is 11.4. The number of aldehydes is 1. The number of fused-ring (bicyclic) bond motifs is 1. The van der Waals surface area contributed by atoms with Crippen molar-refractivity contribution in [3.05, 3.63) is 34.4 Å². The zero-order valence-electron chi connectivity index (χ0n) is 12.0. The van der Waals surface area contributed by atoms with Crippen molar-refractivity contribution in [3.8, 4) is 11.5 Å². The van der Waals surface area contributed by atoms with Gasteiger partial charge in [0.05, 0.1) is 19.8 Å². The minimum atomic E-state index is 0.505. The lowest BCUT2D eigenvalue weighted by Gasteiger charge is -2.17. The third-order valence-electron chi connectivity index (χ3n) is 3.65. The molecular formula is C16H18O3. The Hall–Kier alpha value is -2.03. The van der Waals surface area contributed by atoms with Gasteiger partial charge < -0.3 is 9.47 Å². The molecule has 0 aromatic heterocycles. The van der Waals surface area contributed by atoms with Crippen molar-refractivity contribution < 1.29 is 14.3 Å². The molecule has 2 rings (SSSR count). The Kier molecular flexibility index (Phi) is 3.47. The molecular weight excluding hydrogens is 240 g/mol. The minimum absolute atomic E-state index is 0.505. The Labute approximate surface area is 113 Å². The number of carbonyl (C=O) groups is 1. The van der Waals surface area contributed by atoms with Gasteiger partial charge in [0, 0.05) is 5.56 Å². The zero-order valence-corrected chi connectivity index (χ0v) is 12.0. The average Bonchev–Trinajstić information content (AvgIpc) is 2.40. The predicted molar refractivity (Wildman–Crippen MR) is 76.7 cm³/mol. The molecule has 100 valence electrons. The molecule has 0 atom stereocenters. The van der Waals surface area contributed by atoms with E-state index in [1.54, 1.807) is 14.2 Å². The number of carbonyl (C=O) groups excluding carboxylic acids is 1. The highest BCUT2D eigenvalue weighted by Crippen LogP contribution is 2.41. The van der Waals surface area contributed by atoms with Gasteiger partial charge in [-0.1, -0.05) is 12.1 Å². The van der Waals surface area contributed by atoms with Gasteiger partial charge in [-0.2, -0.15) is 0 Å². The fourth-order valence-corrected chi connectivity index (χ4v) is 2.45. The van der Waals surface area contributed by atoms with Crippen molar-refractivity contribution in [1.29, 1.82) is 0 Å². The van der Waals surface area contributed by atoms with Crippen molar-refractivity contribution in [2.75, 3.05) is 14.2 Å². The van der Waals surface area contributed by atoms with Gasteiger partial charge in [0.15, 0.2) is 17.8 Å². The van der Waals surface area contributed by atoms with E-state index in [9.17, 15) is 4.79 Å². The zero-order chi connectivity index (χ0) is 14.2. The van der Waals surface area contributed by atoms with Crippen molar-refractivity contribution in [2.24, 2.45) is 0 Å². The second-order valence-corrected chi connectivity index (χ2v) is 4.71. The fourth-order valence-electron chi connectivity index (χ4n) is 2.45. The molecule has 0 saturated carbocycles. The SMILES string of the molecule is COc1c(OC)c(C=O)c2cc(C)c(C)cc2c1C. The second kappa shape index (κ2) is 4.92. The normalized spacial score (nSPS) is 10.6. The summed E-state index contributed by atoms with van der Waals surface area (Å²) in [6, 6.07) is 4.12. The second-order valence-electron chi connectivity index (χ2n) is 4.71. The smallest absolute Gasteiger partial charge is 0.172 e. The number of rotatable bonds is 3. The molecule has 0 N–H and O–H groups in total. The summed E-state index contributed by atoms with van der Waals surface area (Å²) in [6.07, 6.45) is 0.831. The van der Waals surface area contributed by atoms with E-state index in [-0.39, 0.29) is 0 Å². The van der Waals surface area contributed by atoms with Gasteiger partial charge in [0.1, 0.15) is 0 Å². The number of methoxy groups -OCH3 is 2. The third-order valence-corrected chi connectivity index (χ3v) is 3.65. The number of hydrogen-bond donors (Lipinski definition) is 0. The Bertz CT molecular complexity index is 657. The molecule has 0 radical (unpaired) electrons. The molecule has 2 aromatic rings. The van der Waals surface area contributed by atoms with Crippen molar-refractivity contribution in [3.63, 3.8) is 0 Å². The summed E-state index contributed by atoms with van der Waals surface area (Å²) >= 11 is 0. The minimum Gasteiger partial charge on any atom is -0.493 e. The Balaban J connectivity index is 3.03. The van der Waals surface area contributed by atoms with Gasteiger partial charge in [-0.15, -0.1) is 0 Å². The molecule has 19 heavy (non-hydrogen) atoms. The summed E-state index contributed by atoms with van der Waals surface area (Å²) in [5.41, 5.74) is 3.88. The summed E-state index contributed by atoms with van der Waals surface area (Å²) in [4.78, 5) is 11.4. The summed E-state index contributed by atoms with van der Waals surface area (Å²) in [6.45, 7) is 6.08. The van der Waals surface area contributed by atoms with E-state index in [2.05, 4.69) is 13.0 Å². The van der Waals surface area contributed by atoms with Gasteiger partial charge in [-0.05, 0) is 42.7 Å². The highest BCUT2D eigenvalue weighted by atomic mass is 16.5. The fraction of sp³-hybridized carbons (Fsp3) is 0.312. The van der Waals surface area contributed by atoms with Crippen LogP contribution in [0.5, 0.6) is 11.5 Å². The van der Waals surface area contributed by atoms with Gasteiger partial charge in [-0.3, -0.25) is 4.79 Å². The Morgan fingerprint density at radius 2 is 1.42 bits per heavy atom. The number of hydrogen-bond acceptors (Lipinski definition) is 3. The Morgan fingerprint density at radius 1 is 0.895 bits per heavy atom. The van der Waals surface area contributed by atoms with Crippen molar-refractivity contribution in [2.45, 2.75) is 20.8 Å². The summed E-state index contributed by atoms with van der Waals surface area (Å²) in [7, 11) is 3.14. The van der Waals surface area contributed by atoms with Crippen LogP contribution in [0.15, 0.2) is 12.1 Å². The predicted octanol–water partition coefficient (Wildman–Crippen LogP) is 3.59. The van der Waals surface area contributed by atoms with Gasteiger partial charge in [0.25, 0.3) is 0 Å². The van der Waals surface area contributed by atoms with Crippen LogP contribution in [-0.2, 0) is 0 Å². The molecule has 0 spiro atoms. The van der Waals surface area contributed by atoms with E-state index in [0.717, 1.165) is 28.2 Å². The van der Waals surface area contributed by atoms with Crippen LogP contribution >= 0.6 is 0 Å². The van der Waals surface area contributed by atoms with Gasteiger partial charge in [0.2, 0.25) is 0 Å². The van der Waals surface area contributed by atoms with E-state index in [0.29, 0.717) is 17.1 Å². The molecule has 0 fully saturated rings.